The van der Waals surface area contributed by atoms with Crippen molar-refractivity contribution in [2.75, 3.05) is 37.6 Å². The first kappa shape index (κ1) is 17.5. The van der Waals surface area contributed by atoms with Crippen LogP contribution < -0.4 is 10.5 Å². The standard InChI is InChI=1S/C18H26N6O/c1-18(2,3)15-6-7-16(21-20-15)23-12-9-22(10-13-23)11-14-24-17(25)5-4-8-19-24/h4-8H,9-14H2,1-3H3. The Bertz CT molecular complexity index is 741. The average molecular weight is 342 g/mol. The summed E-state index contributed by atoms with van der Waals surface area (Å²) >= 11 is 0. The Hall–Kier alpha value is -2.28. The van der Waals surface area contributed by atoms with Crippen molar-refractivity contribution < 1.29 is 0 Å². The fourth-order valence-electron chi connectivity index (χ4n) is 2.89. The maximum Gasteiger partial charge on any atom is 0.266 e. The molecule has 25 heavy (non-hydrogen) atoms. The Kier molecular flexibility index (Phi) is 5.13. The summed E-state index contributed by atoms with van der Waals surface area (Å²) in [5.74, 6) is 0.939. The summed E-state index contributed by atoms with van der Waals surface area (Å²) < 4.78 is 1.52. The Morgan fingerprint density at radius 3 is 2.36 bits per heavy atom. The summed E-state index contributed by atoms with van der Waals surface area (Å²) in [4.78, 5) is 16.3. The molecule has 2 aromatic rings. The number of nitrogens with zero attached hydrogens (tertiary/aromatic N) is 6. The van der Waals surface area contributed by atoms with Crippen molar-refractivity contribution in [2.24, 2.45) is 0 Å². The van der Waals surface area contributed by atoms with Crippen molar-refractivity contribution in [3.05, 3.63) is 46.5 Å². The first-order valence-corrected chi connectivity index (χ1v) is 8.77. The second-order valence-electron chi connectivity index (χ2n) is 7.44. The lowest BCUT2D eigenvalue weighted by atomic mass is 9.92. The fourth-order valence-corrected chi connectivity index (χ4v) is 2.89. The van der Waals surface area contributed by atoms with E-state index in [9.17, 15) is 4.79 Å². The molecule has 1 aliphatic heterocycles. The van der Waals surface area contributed by atoms with Gasteiger partial charge in [-0.25, -0.2) is 4.68 Å². The Balaban J connectivity index is 1.52. The molecular weight excluding hydrogens is 316 g/mol. The molecule has 0 unspecified atom stereocenters. The summed E-state index contributed by atoms with van der Waals surface area (Å²) in [6, 6.07) is 7.35. The number of hydrogen-bond acceptors (Lipinski definition) is 6. The van der Waals surface area contributed by atoms with Crippen molar-refractivity contribution in [3.63, 3.8) is 0 Å². The predicted molar refractivity (Wildman–Crippen MR) is 97.9 cm³/mol. The fraction of sp³-hybridized carbons (Fsp3) is 0.556. The van der Waals surface area contributed by atoms with Gasteiger partial charge in [-0.1, -0.05) is 20.8 Å². The molecule has 0 saturated carbocycles. The van der Waals surface area contributed by atoms with Crippen LogP contribution in [0.3, 0.4) is 0 Å². The zero-order valence-corrected chi connectivity index (χ0v) is 15.2. The molecule has 7 heteroatoms. The first-order chi connectivity index (χ1) is 11.9. The van der Waals surface area contributed by atoms with Gasteiger partial charge in [-0.3, -0.25) is 9.69 Å². The third kappa shape index (κ3) is 4.42. The summed E-state index contributed by atoms with van der Waals surface area (Å²) in [5, 5.41) is 12.9. The molecule has 0 amide bonds. The molecule has 1 fully saturated rings. The van der Waals surface area contributed by atoms with Crippen LogP contribution >= 0.6 is 0 Å². The van der Waals surface area contributed by atoms with E-state index in [4.69, 9.17) is 0 Å². The van der Waals surface area contributed by atoms with E-state index in [-0.39, 0.29) is 11.0 Å². The molecule has 3 heterocycles. The highest BCUT2D eigenvalue weighted by Gasteiger charge is 2.20. The lowest BCUT2D eigenvalue weighted by molar-refractivity contribution is 0.242. The van der Waals surface area contributed by atoms with E-state index in [1.165, 1.54) is 4.68 Å². The van der Waals surface area contributed by atoms with Crippen molar-refractivity contribution in [3.8, 4) is 0 Å². The van der Waals surface area contributed by atoms with Gasteiger partial charge in [0.25, 0.3) is 5.56 Å². The SMILES string of the molecule is CC(C)(C)c1ccc(N2CCN(CCn3ncccc3=O)CC2)nn1. The minimum Gasteiger partial charge on any atom is -0.353 e. The molecule has 0 aromatic carbocycles. The highest BCUT2D eigenvalue weighted by Crippen LogP contribution is 2.21. The summed E-state index contributed by atoms with van der Waals surface area (Å²) in [6.45, 7) is 11.6. The van der Waals surface area contributed by atoms with E-state index < -0.39 is 0 Å². The van der Waals surface area contributed by atoms with E-state index in [0.717, 1.165) is 44.2 Å². The van der Waals surface area contributed by atoms with Gasteiger partial charge >= 0.3 is 0 Å². The first-order valence-electron chi connectivity index (χ1n) is 8.77. The van der Waals surface area contributed by atoms with Gasteiger partial charge in [-0.05, 0) is 18.2 Å². The number of anilines is 1. The number of rotatable bonds is 4. The maximum absolute atomic E-state index is 11.7. The molecule has 2 aromatic heterocycles. The molecule has 7 nitrogen and oxygen atoms in total. The topological polar surface area (TPSA) is 67.2 Å². The molecular formula is C18H26N6O. The van der Waals surface area contributed by atoms with E-state index >= 15 is 0 Å². The van der Waals surface area contributed by atoms with Gasteiger partial charge in [0.15, 0.2) is 5.82 Å². The molecule has 3 rings (SSSR count). The molecule has 1 saturated heterocycles. The summed E-state index contributed by atoms with van der Waals surface area (Å²) in [5.41, 5.74) is 0.986. The zero-order chi connectivity index (χ0) is 17.9. The Morgan fingerprint density at radius 2 is 1.76 bits per heavy atom. The zero-order valence-electron chi connectivity index (χ0n) is 15.2. The maximum atomic E-state index is 11.7. The Labute approximate surface area is 148 Å². The lowest BCUT2D eigenvalue weighted by Gasteiger charge is -2.35. The van der Waals surface area contributed by atoms with Crippen LogP contribution in [0, 0.1) is 0 Å². The summed E-state index contributed by atoms with van der Waals surface area (Å²) in [6.07, 6.45) is 1.65. The highest BCUT2D eigenvalue weighted by atomic mass is 16.1. The Morgan fingerprint density at radius 1 is 1.00 bits per heavy atom. The van der Waals surface area contributed by atoms with Crippen LogP contribution in [0.2, 0.25) is 0 Å². The number of piperazine rings is 1. The molecule has 134 valence electrons. The molecule has 1 aliphatic rings. The van der Waals surface area contributed by atoms with Crippen molar-refractivity contribution in [1.82, 2.24) is 24.9 Å². The van der Waals surface area contributed by atoms with Gasteiger partial charge in [-0.2, -0.15) is 10.2 Å². The monoisotopic (exact) mass is 342 g/mol. The minimum atomic E-state index is -0.0460. The minimum absolute atomic E-state index is 0.0216. The van der Waals surface area contributed by atoms with Crippen LogP contribution in [-0.2, 0) is 12.0 Å². The van der Waals surface area contributed by atoms with Crippen LogP contribution in [0.25, 0.3) is 0 Å². The third-order valence-electron chi connectivity index (χ3n) is 4.53. The molecule has 0 spiro atoms. The quantitative estimate of drug-likeness (QED) is 0.830. The predicted octanol–water partition coefficient (Wildman–Crippen LogP) is 1.15. The van der Waals surface area contributed by atoms with E-state index in [1.807, 2.05) is 0 Å². The van der Waals surface area contributed by atoms with Gasteiger partial charge in [0.1, 0.15) is 0 Å². The molecule has 0 N–H and O–H groups in total. The van der Waals surface area contributed by atoms with Gasteiger partial charge in [0.2, 0.25) is 0 Å². The van der Waals surface area contributed by atoms with Gasteiger partial charge in [0.05, 0.1) is 12.2 Å². The van der Waals surface area contributed by atoms with Crippen molar-refractivity contribution in [2.45, 2.75) is 32.7 Å². The number of hydrogen-bond donors (Lipinski definition) is 0. The smallest absolute Gasteiger partial charge is 0.266 e. The third-order valence-corrected chi connectivity index (χ3v) is 4.53. The second kappa shape index (κ2) is 7.31. The van der Waals surface area contributed by atoms with Crippen LogP contribution in [-0.4, -0.2) is 57.6 Å². The van der Waals surface area contributed by atoms with Crippen molar-refractivity contribution >= 4 is 5.82 Å². The lowest BCUT2D eigenvalue weighted by Crippen LogP contribution is -2.48. The normalized spacial score (nSPS) is 16.2. The van der Waals surface area contributed by atoms with Gasteiger partial charge in [-0.15, -0.1) is 5.10 Å². The largest absolute Gasteiger partial charge is 0.353 e. The summed E-state index contributed by atoms with van der Waals surface area (Å²) in [7, 11) is 0. The van der Waals surface area contributed by atoms with Crippen LogP contribution in [0.4, 0.5) is 5.82 Å². The van der Waals surface area contributed by atoms with Crippen LogP contribution in [0.1, 0.15) is 26.5 Å². The van der Waals surface area contributed by atoms with Gasteiger partial charge < -0.3 is 4.90 Å². The average Bonchev–Trinajstić information content (AvgIpc) is 2.61. The molecule has 0 radical (unpaired) electrons. The second-order valence-corrected chi connectivity index (χ2v) is 7.44. The van der Waals surface area contributed by atoms with Crippen LogP contribution in [0.15, 0.2) is 35.3 Å². The van der Waals surface area contributed by atoms with E-state index in [2.05, 4.69) is 58.0 Å². The highest BCUT2D eigenvalue weighted by molar-refractivity contribution is 5.38. The molecule has 0 aliphatic carbocycles. The van der Waals surface area contributed by atoms with Gasteiger partial charge in [0, 0.05) is 50.4 Å². The van der Waals surface area contributed by atoms with E-state index in [1.54, 1.807) is 18.3 Å². The van der Waals surface area contributed by atoms with Crippen molar-refractivity contribution in [1.29, 1.82) is 0 Å². The van der Waals surface area contributed by atoms with E-state index in [0.29, 0.717) is 6.54 Å². The number of aromatic nitrogens is 4. The molecule has 0 atom stereocenters. The van der Waals surface area contributed by atoms with Crippen LogP contribution in [0.5, 0.6) is 0 Å². The molecule has 0 bridgehead atoms.